The van der Waals surface area contributed by atoms with Gasteiger partial charge in [-0.3, -0.25) is 9.36 Å². The predicted octanol–water partition coefficient (Wildman–Crippen LogP) is 2.98. The summed E-state index contributed by atoms with van der Waals surface area (Å²) >= 11 is 0. The third-order valence-corrected chi connectivity index (χ3v) is 3.74. The molecule has 6 heteroatoms. The average Bonchev–Trinajstić information content (AvgIpc) is 2.88. The first kappa shape index (κ1) is 15.0. The summed E-state index contributed by atoms with van der Waals surface area (Å²) in [6.45, 7) is 5.67. The fourth-order valence-electron chi connectivity index (χ4n) is 2.50. The molecule has 0 fully saturated rings. The van der Waals surface area contributed by atoms with E-state index in [2.05, 4.69) is 15.5 Å². The molecule has 0 bridgehead atoms. The van der Waals surface area contributed by atoms with Gasteiger partial charge in [0.25, 0.3) is 5.56 Å². The van der Waals surface area contributed by atoms with E-state index >= 15 is 0 Å². The molecule has 0 saturated carbocycles. The first-order valence-corrected chi connectivity index (χ1v) is 7.31. The fourth-order valence-corrected chi connectivity index (χ4v) is 2.50. The van der Waals surface area contributed by atoms with Crippen LogP contribution in [0.5, 0.6) is 0 Å². The summed E-state index contributed by atoms with van der Waals surface area (Å²) in [4.78, 5) is 16.8. The first-order chi connectivity index (χ1) is 11.0. The van der Waals surface area contributed by atoms with Gasteiger partial charge >= 0.3 is 0 Å². The highest BCUT2D eigenvalue weighted by Crippen LogP contribution is 2.15. The normalized spacial score (nSPS) is 11.9. The minimum Gasteiger partial charge on any atom is -0.466 e. The van der Waals surface area contributed by atoms with Gasteiger partial charge in [-0.1, -0.05) is 12.1 Å². The molecule has 0 saturated heterocycles. The van der Waals surface area contributed by atoms with E-state index < -0.39 is 0 Å². The van der Waals surface area contributed by atoms with E-state index in [9.17, 15) is 4.79 Å². The van der Waals surface area contributed by atoms with Crippen LogP contribution in [0.1, 0.15) is 24.0 Å². The Labute approximate surface area is 133 Å². The number of para-hydroxylation sites is 1. The summed E-state index contributed by atoms with van der Waals surface area (Å²) in [5, 5.41) is 4.92. The Hall–Kier alpha value is -2.89. The zero-order valence-electron chi connectivity index (χ0n) is 13.5. The highest BCUT2D eigenvalue weighted by molar-refractivity contribution is 6.00. The zero-order valence-corrected chi connectivity index (χ0v) is 13.5. The second-order valence-electron chi connectivity index (χ2n) is 5.45. The summed E-state index contributed by atoms with van der Waals surface area (Å²) in [6, 6.07) is 9.18. The van der Waals surface area contributed by atoms with E-state index in [1.807, 2.05) is 45.0 Å². The molecule has 118 valence electrons. The molecule has 2 heterocycles. The number of rotatable bonds is 3. The van der Waals surface area contributed by atoms with Crippen molar-refractivity contribution in [2.24, 2.45) is 12.1 Å². The van der Waals surface area contributed by atoms with Gasteiger partial charge in [0, 0.05) is 12.6 Å². The van der Waals surface area contributed by atoms with Crippen molar-refractivity contribution in [2.75, 3.05) is 5.43 Å². The van der Waals surface area contributed by atoms with E-state index in [0.717, 1.165) is 22.8 Å². The highest BCUT2D eigenvalue weighted by Gasteiger charge is 2.09. The highest BCUT2D eigenvalue weighted by atomic mass is 16.3. The van der Waals surface area contributed by atoms with Gasteiger partial charge in [0.1, 0.15) is 11.5 Å². The number of nitrogens with one attached hydrogen (secondary N) is 1. The number of aromatic nitrogens is 2. The number of nitrogens with zero attached hydrogens (tertiary/aromatic N) is 3. The van der Waals surface area contributed by atoms with Crippen LogP contribution < -0.4 is 11.0 Å². The molecule has 0 radical (unpaired) electrons. The second-order valence-corrected chi connectivity index (χ2v) is 5.45. The SMILES string of the molecule is C/C(=N\Nc1nc2ccccc2c(=O)n1C)c1cc(C)oc1C. The van der Waals surface area contributed by atoms with Gasteiger partial charge in [0.2, 0.25) is 5.95 Å². The number of furan rings is 1. The molecule has 6 nitrogen and oxygen atoms in total. The minimum absolute atomic E-state index is 0.110. The maximum absolute atomic E-state index is 12.3. The molecular weight excluding hydrogens is 292 g/mol. The Morgan fingerprint density at radius 3 is 2.74 bits per heavy atom. The molecule has 23 heavy (non-hydrogen) atoms. The van der Waals surface area contributed by atoms with Crippen molar-refractivity contribution < 1.29 is 4.42 Å². The number of hydrazone groups is 1. The molecule has 0 atom stereocenters. The van der Waals surface area contributed by atoms with Crippen LogP contribution in [0, 0.1) is 13.8 Å². The largest absolute Gasteiger partial charge is 0.466 e. The van der Waals surface area contributed by atoms with Crippen LogP contribution in [0.4, 0.5) is 5.95 Å². The topological polar surface area (TPSA) is 72.4 Å². The monoisotopic (exact) mass is 310 g/mol. The van der Waals surface area contributed by atoms with Crippen molar-refractivity contribution in [3.63, 3.8) is 0 Å². The van der Waals surface area contributed by atoms with Crippen molar-refractivity contribution in [2.45, 2.75) is 20.8 Å². The van der Waals surface area contributed by atoms with E-state index in [1.54, 1.807) is 13.1 Å². The fraction of sp³-hybridized carbons (Fsp3) is 0.235. The van der Waals surface area contributed by atoms with Crippen LogP contribution in [0.25, 0.3) is 10.9 Å². The lowest BCUT2D eigenvalue weighted by Crippen LogP contribution is -2.21. The van der Waals surface area contributed by atoms with Crippen molar-refractivity contribution in [1.82, 2.24) is 9.55 Å². The number of hydrogen-bond acceptors (Lipinski definition) is 5. The first-order valence-electron chi connectivity index (χ1n) is 7.31. The molecule has 3 aromatic rings. The Kier molecular flexibility index (Phi) is 3.73. The third kappa shape index (κ3) is 2.75. The second kappa shape index (κ2) is 5.72. The van der Waals surface area contributed by atoms with Crippen molar-refractivity contribution in [3.8, 4) is 0 Å². The molecule has 0 aliphatic heterocycles. The summed E-state index contributed by atoms with van der Waals surface area (Å²) < 4.78 is 6.96. The van der Waals surface area contributed by atoms with Crippen molar-refractivity contribution >= 4 is 22.6 Å². The number of anilines is 1. The van der Waals surface area contributed by atoms with Crippen molar-refractivity contribution in [1.29, 1.82) is 0 Å². The standard InChI is InChI=1S/C17H18N4O2/c1-10-9-14(12(3)23-10)11(2)19-20-17-18-15-8-6-5-7-13(15)16(22)21(17)4/h5-9H,1-4H3,(H,18,20)/b19-11+. The molecular formula is C17H18N4O2. The molecule has 3 rings (SSSR count). The van der Waals surface area contributed by atoms with E-state index in [-0.39, 0.29) is 5.56 Å². The lowest BCUT2D eigenvalue weighted by molar-refractivity contribution is 0.504. The van der Waals surface area contributed by atoms with Crippen LogP contribution in [0.3, 0.4) is 0 Å². The Morgan fingerprint density at radius 1 is 1.30 bits per heavy atom. The number of benzene rings is 1. The lowest BCUT2D eigenvalue weighted by Gasteiger charge is -2.08. The smallest absolute Gasteiger partial charge is 0.262 e. The van der Waals surface area contributed by atoms with Crippen LogP contribution in [-0.2, 0) is 7.05 Å². The van der Waals surface area contributed by atoms with Gasteiger partial charge in [-0.05, 0) is 39.0 Å². The molecule has 0 aliphatic carbocycles. The van der Waals surface area contributed by atoms with Gasteiger partial charge < -0.3 is 4.42 Å². The third-order valence-electron chi connectivity index (χ3n) is 3.74. The van der Waals surface area contributed by atoms with Gasteiger partial charge in [-0.2, -0.15) is 5.10 Å². The molecule has 0 aliphatic rings. The van der Waals surface area contributed by atoms with E-state index in [1.165, 1.54) is 4.57 Å². The quantitative estimate of drug-likeness (QED) is 0.596. The lowest BCUT2D eigenvalue weighted by atomic mass is 10.2. The number of aryl methyl sites for hydroxylation is 2. The van der Waals surface area contributed by atoms with E-state index in [0.29, 0.717) is 16.9 Å². The summed E-state index contributed by atoms with van der Waals surface area (Å²) in [5.41, 5.74) is 5.11. The summed E-state index contributed by atoms with van der Waals surface area (Å²) in [5.74, 6) is 2.04. The minimum atomic E-state index is -0.110. The molecule has 0 unspecified atom stereocenters. The van der Waals surface area contributed by atoms with Crippen LogP contribution >= 0.6 is 0 Å². The zero-order chi connectivity index (χ0) is 16.6. The van der Waals surface area contributed by atoms with Gasteiger partial charge in [0.05, 0.1) is 16.6 Å². The average molecular weight is 310 g/mol. The Balaban J connectivity index is 1.99. The molecule has 0 spiro atoms. The summed E-state index contributed by atoms with van der Waals surface area (Å²) in [6.07, 6.45) is 0. The van der Waals surface area contributed by atoms with Crippen molar-refractivity contribution in [3.05, 3.63) is 57.8 Å². The van der Waals surface area contributed by atoms with Crippen LogP contribution in [-0.4, -0.2) is 15.3 Å². The van der Waals surface area contributed by atoms with Gasteiger partial charge in [-0.25, -0.2) is 10.4 Å². The molecule has 1 aromatic carbocycles. The maximum atomic E-state index is 12.3. The van der Waals surface area contributed by atoms with Crippen LogP contribution in [0.15, 0.2) is 44.6 Å². The number of fused-ring (bicyclic) bond motifs is 1. The van der Waals surface area contributed by atoms with Crippen LogP contribution in [0.2, 0.25) is 0 Å². The molecule has 1 N–H and O–H groups in total. The predicted molar refractivity (Wildman–Crippen MR) is 91.0 cm³/mol. The maximum Gasteiger partial charge on any atom is 0.262 e. The molecule has 2 aromatic heterocycles. The van der Waals surface area contributed by atoms with E-state index in [4.69, 9.17) is 4.42 Å². The van der Waals surface area contributed by atoms with Gasteiger partial charge in [-0.15, -0.1) is 0 Å². The summed E-state index contributed by atoms with van der Waals surface area (Å²) in [7, 11) is 1.67. The van der Waals surface area contributed by atoms with Gasteiger partial charge in [0.15, 0.2) is 0 Å². The Morgan fingerprint density at radius 2 is 2.04 bits per heavy atom. The number of hydrogen-bond donors (Lipinski definition) is 1. The molecule has 0 amide bonds. The Bertz CT molecular complexity index is 966.